The number of amidine groups is 1. The second-order valence-electron chi connectivity index (χ2n) is 4.54. The number of benzene rings is 2. The van der Waals surface area contributed by atoms with Gasteiger partial charge in [-0.2, -0.15) is 0 Å². The van der Waals surface area contributed by atoms with Crippen molar-refractivity contribution in [2.75, 3.05) is 17.7 Å². The van der Waals surface area contributed by atoms with Crippen LogP contribution in [0.2, 0.25) is 0 Å². The van der Waals surface area contributed by atoms with E-state index in [1.807, 2.05) is 12.1 Å². The van der Waals surface area contributed by atoms with E-state index in [9.17, 15) is 0 Å². The number of alkyl halides is 1. The summed E-state index contributed by atoms with van der Waals surface area (Å²) >= 11 is 5.75. The summed E-state index contributed by atoms with van der Waals surface area (Å²) < 4.78 is 0. The van der Waals surface area contributed by atoms with E-state index in [2.05, 4.69) is 46.7 Å². The van der Waals surface area contributed by atoms with Crippen LogP contribution in [0.15, 0.2) is 53.5 Å². The van der Waals surface area contributed by atoms with E-state index >= 15 is 0 Å². The number of aliphatic imine (C=N–C) groups is 1. The number of anilines is 1. The Balaban J connectivity index is 2.11. The van der Waals surface area contributed by atoms with Gasteiger partial charge < -0.3 is 5.32 Å². The summed E-state index contributed by atoms with van der Waals surface area (Å²) in [6, 6.07) is 16.8. The minimum absolute atomic E-state index is 0.537. The third-order valence-corrected chi connectivity index (χ3v) is 3.45. The number of rotatable bonds is 2. The van der Waals surface area contributed by atoms with E-state index < -0.39 is 0 Å². The van der Waals surface area contributed by atoms with Gasteiger partial charge in [-0.05, 0) is 17.2 Å². The molecule has 0 unspecified atom stereocenters. The van der Waals surface area contributed by atoms with Gasteiger partial charge in [0.1, 0.15) is 5.84 Å². The molecule has 2 aromatic rings. The van der Waals surface area contributed by atoms with E-state index in [0.29, 0.717) is 12.4 Å². The SMILES string of the molecule is ClCCN=C1Nc2ccccc2Cc2ccccc21. The summed E-state index contributed by atoms with van der Waals surface area (Å²) in [7, 11) is 0. The van der Waals surface area contributed by atoms with Gasteiger partial charge in [-0.25, -0.2) is 0 Å². The minimum atomic E-state index is 0.537. The quantitative estimate of drug-likeness (QED) is 0.827. The van der Waals surface area contributed by atoms with E-state index in [1.165, 1.54) is 16.7 Å². The number of fused-ring (bicyclic) bond motifs is 2. The molecule has 0 spiro atoms. The van der Waals surface area contributed by atoms with Crippen LogP contribution in [0.3, 0.4) is 0 Å². The number of halogens is 1. The van der Waals surface area contributed by atoms with Crippen LogP contribution in [-0.4, -0.2) is 18.3 Å². The molecule has 3 heteroatoms. The van der Waals surface area contributed by atoms with E-state index in [0.717, 1.165) is 17.9 Å². The molecule has 0 aliphatic carbocycles. The first kappa shape index (κ1) is 12.2. The van der Waals surface area contributed by atoms with Crippen LogP contribution >= 0.6 is 11.6 Å². The van der Waals surface area contributed by atoms with Crippen molar-refractivity contribution in [3.8, 4) is 0 Å². The number of nitrogens with zero attached hydrogens (tertiary/aromatic N) is 1. The Labute approximate surface area is 118 Å². The van der Waals surface area contributed by atoms with E-state index in [4.69, 9.17) is 11.6 Å². The fourth-order valence-corrected chi connectivity index (χ4v) is 2.47. The molecular weight excluding hydrogens is 256 g/mol. The number of para-hydroxylation sites is 1. The third kappa shape index (κ3) is 2.49. The molecule has 0 radical (unpaired) electrons. The highest BCUT2D eigenvalue weighted by Gasteiger charge is 2.16. The van der Waals surface area contributed by atoms with Crippen LogP contribution in [0.1, 0.15) is 16.7 Å². The average molecular weight is 271 g/mol. The van der Waals surface area contributed by atoms with E-state index in [-0.39, 0.29) is 0 Å². The van der Waals surface area contributed by atoms with Crippen molar-refractivity contribution >= 4 is 23.1 Å². The molecule has 1 aliphatic heterocycles. The second-order valence-corrected chi connectivity index (χ2v) is 4.91. The van der Waals surface area contributed by atoms with Gasteiger partial charge in [-0.3, -0.25) is 4.99 Å². The summed E-state index contributed by atoms with van der Waals surface area (Å²) in [4.78, 5) is 4.58. The number of nitrogens with one attached hydrogen (secondary N) is 1. The second kappa shape index (κ2) is 5.45. The molecule has 3 rings (SSSR count). The van der Waals surface area contributed by atoms with Crippen molar-refractivity contribution in [3.63, 3.8) is 0 Å². The zero-order chi connectivity index (χ0) is 13.1. The van der Waals surface area contributed by atoms with E-state index in [1.54, 1.807) is 0 Å². The summed E-state index contributed by atoms with van der Waals surface area (Å²) in [5.41, 5.74) is 4.90. The lowest BCUT2D eigenvalue weighted by molar-refractivity contribution is 1.13. The molecule has 1 N–H and O–H groups in total. The summed E-state index contributed by atoms with van der Waals surface area (Å²) in [5, 5.41) is 3.44. The molecule has 0 fully saturated rings. The van der Waals surface area contributed by atoms with Crippen LogP contribution in [0.25, 0.3) is 0 Å². The Morgan fingerprint density at radius 2 is 1.74 bits per heavy atom. The normalized spacial score (nSPS) is 15.3. The Kier molecular flexibility index (Phi) is 3.51. The monoisotopic (exact) mass is 270 g/mol. The standard InChI is InChI=1S/C16H15ClN2/c17-9-10-18-16-14-7-3-1-5-12(14)11-13-6-2-4-8-15(13)19-16/h1-8H,9-11H2,(H,18,19). The van der Waals surface area contributed by atoms with Gasteiger partial charge in [0, 0.05) is 23.6 Å². The summed E-state index contributed by atoms with van der Waals surface area (Å²) in [6.07, 6.45) is 0.930. The minimum Gasteiger partial charge on any atom is -0.340 e. The topological polar surface area (TPSA) is 24.4 Å². The molecular formula is C16H15ClN2. The molecule has 0 bridgehead atoms. The maximum absolute atomic E-state index is 5.75. The molecule has 96 valence electrons. The van der Waals surface area contributed by atoms with Gasteiger partial charge in [-0.15, -0.1) is 11.6 Å². The largest absolute Gasteiger partial charge is 0.340 e. The van der Waals surface area contributed by atoms with Gasteiger partial charge >= 0.3 is 0 Å². The Morgan fingerprint density at radius 3 is 2.58 bits per heavy atom. The first-order valence-electron chi connectivity index (χ1n) is 6.42. The van der Waals surface area contributed by atoms with Gasteiger partial charge in [0.15, 0.2) is 0 Å². The highest BCUT2D eigenvalue weighted by molar-refractivity contribution is 6.18. The van der Waals surface area contributed by atoms with Crippen molar-refractivity contribution in [2.24, 2.45) is 4.99 Å². The van der Waals surface area contributed by atoms with Crippen molar-refractivity contribution < 1.29 is 0 Å². The zero-order valence-electron chi connectivity index (χ0n) is 10.6. The van der Waals surface area contributed by atoms with Gasteiger partial charge in [-0.1, -0.05) is 42.5 Å². The molecule has 1 heterocycles. The van der Waals surface area contributed by atoms with Crippen LogP contribution in [0, 0.1) is 0 Å². The maximum atomic E-state index is 5.75. The fraction of sp³-hybridized carbons (Fsp3) is 0.188. The van der Waals surface area contributed by atoms with Crippen LogP contribution in [-0.2, 0) is 6.42 Å². The Bertz CT molecular complexity index is 620. The van der Waals surface area contributed by atoms with Gasteiger partial charge in [0.2, 0.25) is 0 Å². The van der Waals surface area contributed by atoms with Crippen molar-refractivity contribution in [1.82, 2.24) is 0 Å². The van der Waals surface area contributed by atoms with Crippen LogP contribution in [0.4, 0.5) is 5.69 Å². The predicted molar refractivity (Wildman–Crippen MR) is 81.4 cm³/mol. The highest BCUT2D eigenvalue weighted by Crippen LogP contribution is 2.26. The molecule has 19 heavy (non-hydrogen) atoms. The van der Waals surface area contributed by atoms with Gasteiger partial charge in [0.25, 0.3) is 0 Å². The Hall–Kier alpha value is -1.80. The molecule has 2 aromatic carbocycles. The lowest BCUT2D eigenvalue weighted by Gasteiger charge is -2.09. The Morgan fingerprint density at radius 1 is 1.00 bits per heavy atom. The molecule has 0 aromatic heterocycles. The third-order valence-electron chi connectivity index (χ3n) is 3.28. The molecule has 0 saturated carbocycles. The predicted octanol–water partition coefficient (Wildman–Crippen LogP) is 3.69. The van der Waals surface area contributed by atoms with Crippen molar-refractivity contribution in [2.45, 2.75) is 6.42 Å². The fourth-order valence-electron chi connectivity index (χ4n) is 2.38. The lowest BCUT2D eigenvalue weighted by Crippen LogP contribution is -2.14. The zero-order valence-corrected chi connectivity index (χ0v) is 11.3. The summed E-state index contributed by atoms with van der Waals surface area (Å²) in [5.74, 6) is 1.45. The number of hydrogen-bond donors (Lipinski definition) is 1. The molecule has 1 aliphatic rings. The highest BCUT2D eigenvalue weighted by atomic mass is 35.5. The van der Waals surface area contributed by atoms with Crippen molar-refractivity contribution in [1.29, 1.82) is 0 Å². The molecule has 0 saturated heterocycles. The number of hydrogen-bond acceptors (Lipinski definition) is 1. The van der Waals surface area contributed by atoms with Crippen molar-refractivity contribution in [3.05, 3.63) is 65.2 Å². The maximum Gasteiger partial charge on any atom is 0.133 e. The molecule has 0 amide bonds. The van der Waals surface area contributed by atoms with Crippen LogP contribution < -0.4 is 5.32 Å². The summed E-state index contributed by atoms with van der Waals surface area (Å²) in [6.45, 7) is 0.625. The molecule has 2 nitrogen and oxygen atoms in total. The molecule has 0 atom stereocenters. The van der Waals surface area contributed by atoms with Crippen LogP contribution in [0.5, 0.6) is 0 Å². The lowest BCUT2D eigenvalue weighted by atomic mass is 10.0. The average Bonchev–Trinajstić information content (AvgIpc) is 2.61. The van der Waals surface area contributed by atoms with Gasteiger partial charge in [0.05, 0.1) is 6.54 Å². The first-order chi connectivity index (χ1) is 9.38. The smallest absolute Gasteiger partial charge is 0.133 e. The first-order valence-corrected chi connectivity index (χ1v) is 6.95.